The summed E-state index contributed by atoms with van der Waals surface area (Å²) in [5.74, 6) is 1.94. The fourth-order valence-corrected chi connectivity index (χ4v) is 3.61. The topological polar surface area (TPSA) is 44.5 Å². The van der Waals surface area contributed by atoms with Crippen LogP contribution in [0.5, 0.6) is 11.5 Å². The third-order valence-electron chi connectivity index (χ3n) is 4.88. The highest BCUT2D eigenvalue weighted by molar-refractivity contribution is 5.85. The lowest BCUT2D eigenvalue weighted by Crippen LogP contribution is -2.19. The van der Waals surface area contributed by atoms with Crippen LogP contribution in [-0.2, 0) is 6.42 Å². The smallest absolute Gasteiger partial charge is 0.124 e. The Morgan fingerprint density at radius 2 is 1.83 bits per heavy atom. The van der Waals surface area contributed by atoms with Gasteiger partial charge in [-0.3, -0.25) is 0 Å². The van der Waals surface area contributed by atoms with Gasteiger partial charge in [0.05, 0.1) is 0 Å². The average Bonchev–Trinajstić information content (AvgIpc) is 3.00. The van der Waals surface area contributed by atoms with Crippen LogP contribution in [0.2, 0.25) is 0 Å². The molecule has 0 amide bonds. The Labute approximate surface area is 149 Å². The monoisotopic (exact) mass is 345 g/mol. The number of halogens is 1. The first kappa shape index (κ1) is 17.1. The third kappa shape index (κ3) is 3.68. The second-order valence-corrected chi connectivity index (χ2v) is 6.64. The van der Waals surface area contributed by atoms with Crippen LogP contribution in [0.3, 0.4) is 0 Å². The fourth-order valence-electron chi connectivity index (χ4n) is 3.61. The van der Waals surface area contributed by atoms with E-state index in [9.17, 15) is 0 Å². The van der Waals surface area contributed by atoms with Gasteiger partial charge in [-0.25, -0.2) is 0 Å². The van der Waals surface area contributed by atoms with Gasteiger partial charge < -0.3 is 15.2 Å². The molecule has 24 heavy (non-hydrogen) atoms. The van der Waals surface area contributed by atoms with E-state index in [1.807, 2.05) is 12.1 Å². The Bertz CT molecular complexity index is 677. The van der Waals surface area contributed by atoms with Gasteiger partial charge >= 0.3 is 0 Å². The lowest BCUT2D eigenvalue weighted by atomic mass is 9.97. The third-order valence-corrected chi connectivity index (χ3v) is 4.88. The minimum Gasteiger partial charge on any atom is -0.490 e. The molecule has 0 bridgehead atoms. The lowest BCUT2D eigenvalue weighted by Gasteiger charge is -2.27. The van der Waals surface area contributed by atoms with Crippen molar-refractivity contribution >= 4 is 12.4 Å². The molecule has 0 radical (unpaired) electrons. The van der Waals surface area contributed by atoms with E-state index in [0.29, 0.717) is 6.04 Å². The minimum atomic E-state index is 0. The van der Waals surface area contributed by atoms with E-state index in [4.69, 9.17) is 15.2 Å². The van der Waals surface area contributed by atoms with Crippen molar-refractivity contribution in [3.63, 3.8) is 0 Å². The van der Waals surface area contributed by atoms with Crippen molar-refractivity contribution in [1.82, 2.24) is 0 Å². The summed E-state index contributed by atoms with van der Waals surface area (Å²) in [5, 5.41) is 0. The number of fused-ring (bicyclic) bond motifs is 1. The van der Waals surface area contributed by atoms with Crippen LogP contribution in [0, 0.1) is 0 Å². The van der Waals surface area contributed by atoms with Gasteiger partial charge in [0.25, 0.3) is 0 Å². The maximum absolute atomic E-state index is 6.18. The molecule has 2 aromatic carbocycles. The van der Waals surface area contributed by atoms with Crippen molar-refractivity contribution in [2.75, 3.05) is 0 Å². The van der Waals surface area contributed by atoms with Crippen molar-refractivity contribution in [3.05, 3.63) is 59.7 Å². The largest absolute Gasteiger partial charge is 0.490 e. The Hall–Kier alpha value is -1.71. The SMILES string of the molecule is Cl.N[C@@H]1CC[C@@H](Oc2ccc3c(c2)CCC(c2ccccc2)O3)C1. The van der Waals surface area contributed by atoms with E-state index in [1.54, 1.807) is 0 Å². The average molecular weight is 346 g/mol. The predicted octanol–water partition coefficient (Wildman–Crippen LogP) is 4.43. The van der Waals surface area contributed by atoms with Crippen molar-refractivity contribution in [1.29, 1.82) is 0 Å². The van der Waals surface area contributed by atoms with Crippen LogP contribution in [-0.4, -0.2) is 12.1 Å². The van der Waals surface area contributed by atoms with E-state index in [1.165, 1.54) is 11.1 Å². The summed E-state index contributed by atoms with van der Waals surface area (Å²) in [7, 11) is 0. The van der Waals surface area contributed by atoms with Crippen LogP contribution in [0.1, 0.15) is 42.9 Å². The van der Waals surface area contributed by atoms with E-state index >= 15 is 0 Å². The number of rotatable bonds is 3. The molecule has 1 heterocycles. The van der Waals surface area contributed by atoms with Crippen LogP contribution in [0.25, 0.3) is 0 Å². The lowest BCUT2D eigenvalue weighted by molar-refractivity contribution is 0.174. The van der Waals surface area contributed by atoms with Gasteiger partial charge in [-0.15, -0.1) is 12.4 Å². The van der Waals surface area contributed by atoms with Gasteiger partial charge in [-0.2, -0.15) is 0 Å². The molecule has 1 unspecified atom stereocenters. The molecule has 1 fully saturated rings. The van der Waals surface area contributed by atoms with Crippen LogP contribution in [0.15, 0.2) is 48.5 Å². The minimum absolute atomic E-state index is 0. The summed E-state index contributed by atoms with van der Waals surface area (Å²) in [4.78, 5) is 0. The first-order valence-electron chi connectivity index (χ1n) is 8.55. The molecule has 1 saturated carbocycles. The van der Waals surface area contributed by atoms with Crippen LogP contribution >= 0.6 is 12.4 Å². The van der Waals surface area contributed by atoms with E-state index in [0.717, 1.165) is 43.6 Å². The van der Waals surface area contributed by atoms with Gasteiger partial charge in [0.15, 0.2) is 0 Å². The van der Waals surface area contributed by atoms with E-state index < -0.39 is 0 Å². The van der Waals surface area contributed by atoms with Crippen molar-refractivity contribution in [2.24, 2.45) is 5.73 Å². The first-order valence-corrected chi connectivity index (χ1v) is 8.55. The fraction of sp³-hybridized carbons (Fsp3) is 0.400. The summed E-state index contributed by atoms with van der Waals surface area (Å²) in [6.07, 6.45) is 5.55. The molecular weight excluding hydrogens is 322 g/mol. The molecule has 0 aromatic heterocycles. The standard InChI is InChI=1S/C20H23NO2.ClH/c21-16-7-8-18(13-16)22-17-9-11-20-15(12-17)6-10-19(23-20)14-4-2-1-3-5-14;/h1-5,9,11-12,16,18-19H,6-8,10,13,21H2;1H/t16-,18-,19?;/m1./s1. The summed E-state index contributed by atoms with van der Waals surface area (Å²) in [5.41, 5.74) is 8.46. The molecule has 1 aliphatic carbocycles. The number of nitrogens with two attached hydrogens (primary N) is 1. The zero-order valence-corrected chi connectivity index (χ0v) is 14.5. The number of ether oxygens (including phenoxy) is 2. The molecular formula is C20H24ClNO2. The first-order chi connectivity index (χ1) is 11.3. The van der Waals surface area contributed by atoms with E-state index in [-0.39, 0.29) is 24.6 Å². The maximum atomic E-state index is 6.18. The molecule has 4 heteroatoms. The number of benzene rings is 2. The molecule has 0 spiro atoms. The van der Waals surface area contributed by atoms with Gasteiger partial charge in [0.1, 0.15) is 23.7 Å². The van der Waals surface area contributed by atoms with E-state index in [2.05, 4.69) is 36.4 Å². The van der Waals surface area contributed by atoms with Crippen molar-refractivity contribution in [2.45, 2.75) is 50.4 Å². The molecule has 2 N–H and O–H groups in total. The number of aryl methyl sites for hydroxylation is 1. The molecule has 4 rings (SSSR count). The maximum Gasteiger partial charge on any atom is 0.124 e. The number of hydrogen-bond donors (Lipinski definition) is 1. The second kappa shape index (κ2) is 7.45. The second-order valence-electron chi connectivity index (χ2n) is 6.64. The predicted molar refractivity (Wildman–Crippen MR) is 98.1 cm³/mol. The van der Waals surface area contributed by atoms with Gasteiger partial charge in [-0.1, -0.05) is 30.3 Å². The quantitative estimate of drug-likeness (QED) is 0.894. The highest BCUT2D eigenvalue weighted by Gasteiger charge is 2.25. The summed E-state index contributed by atoms with van der Waals surface area (Å²) in [6, 6.07) is 17.0. The zero-order chi connectivity index (χ0) is 15.6. The molecule has 3 atom stereocenters. The molecule has 3 nitrogen and oxygen atoms in total. The highest BCUT2D eigenvalue weighted by atomic mass is 35.5. The van der Waals surface area contributed by atoms with Gasteiger partial charge in [0, 0.05) is 6.04 Å². The summed E-state index contributed by atoms with van der Waals surface area (Å²) < 4.78 is 12.3. The van der Waals surface area contributed by atoms with Crippen LogP contribution in [0.4, 0.5) is 0 Å². The summed E-state index contributed by atoms with van der Waals surface area (Å²) in [6.45, 7) is 0. The zero-order valence-electron chi connectivity index (χ0n) is 13.7. The Kier molecular flexibility index (Phi) is 5.32. The Morgan fingerprint density at radius 3 is 2.58 bits per heavy atom. The number of hydrogen-bond acceptors (Lipinski definition) is 3. The Balaban J connectivity index is 0.00000169. The molecule has 128 valence electrons. The van der Waals surface area contributed by atoms with Crippen molar-refractivity contribution in [3.8, 4) is 11.5 Å². The van der Waals surface area contributed by atoms with Crippen molar-refractivity contribution < 1.29 is 9.47 Å². The van der Waals surface area contributed by atoms with Gasteiger partial charge in [-0.05, 0) is 61.4 Å². The van der Waals surface area contributed by atoms with Crippen LogP contribution < -0.4 is 15.2 Å². The molecule has 2 aliphatic rings. The highest BCUT2D eigenvalue weighted by Crippen LogP contribution is 2.37. The summed E-state index contributed by atoms with van der Waals surface area (Å²) >= 11 is 0. The van der Waals surface area contributed by atoms with Gasteiger partial charge in [0.2, 0.25) is 0 Å². The molecule has 2 aromatic rings. The normalized spacial score (nSPS) is 25.3. The molecule has 1 aliphatic heterocycles. The molecule has 0 saturated heterocycles. The Morgan fingerprint density at radius 1 is 1.00 bits per heavy atom.